The lowest BCUT2D eigenvalue weighted by Gasteiger charge is -2.36. The van der Waals surface area contributed by atoms with E-state index < -0.39 is 30.1 Å². The number of pyridine rings is 1. The maximum atomic E-state index is 15.9. The molecule has 0 unspecified atom stereocenters. The third kappa shape index (κ3) is 5.72. The second kappa shape index (κ2) is 11.5. The molecule has 2 aromatic heterocycles. The van der Waals surface area contributed by atoms with Crippen molar-refractivity contribution in [3.8, 4) is 11.9 Å². The zero-order valence-corrected chi connectivity index (χ0v) is 23.2. The topological polar surface area (TPSA) is 87.0 Å². The van der Waals surface area contributed by atoms with Crippen LogP contribution in [0.2, 0.25) is 0 Å². The molecule has 1 aliphatic carbocycles. The number of benzene rings is 1. The fourth-order valence-electron chi connectivity index (χ4n) is 6.14. The number of nitrogens with one attached hydrogen (secondary N) is 1. The van der Waals surface area contributed by atoms with Gasteiger partial charge in [0.25, 0.3) is 5.92 Å². The van der Waals surface area contributed by atoms with Crippen LogP contribution in [-0.2, 0) is 11.3 Å². The van der Waals surface area contributed by atoms with Gasteiger partial charge in [0.05, 0.1) is 23.5 Å². The van der Waals surface area contributed by atoms with Crippen molar-refractivity contribution in [2.24, 2.45) is 5.92 Å². The molecule has 8 bridgehead atoms. The normalized spacial score (nSPS) is 27.5. The first-order valence-corrected chi connectivity index (χ1v) is 14.8. The van der Waals surface area contributed by atoms with E-state index in [9.17, 15) is 5.26 Å². The van der Waals surface area contributed by atoms with Crippen LogP contribution < -0.4 is 10.1 Å². The number of alkyl halides is 2. The fourth-order valence-corrected chi connectivity index (χ4v) is 6.14. The Kier molecular flexibility index (Phi) is 6.79. The molecular formula is C32H38F2N6O. The SMILES string of the molecule is [2H]C([2H])([2H])[C@H]1Nc2ncnc3nc(c(C4(C#N)CC4)cc23)OCCCCCCCN2CCC(CC2)C(F)(F)c2cccc1c2. The predicted octanol–water partition coefficient (Wildman–Crippen LogP) is 6.90. The minimum absolute atomic E-state index is 0.175. The van der Waals surface area contributed by atoms with E-state index >= 15 is 8.78 Å². The van der Waals surface area contributed by atoms with E-state index in [1.165, 1.54) is 24.5 Å². The number of ether oxygens (including phenoxy) is 1. The highest BCUT2D eigenvalue weighted by molar-refractivity contribution is 5.88. The van der Waals surface area contributed by atoms with Gasteiger partial charge in [0.15, 0.2) is 5.65 Å². The zero-order chi connectivity index (χ0) is 31.0. The van der Waals surface area contributed by atoms with Crippen molar-refractivity contribution >= 4 is 16.9 Å². The Morgan fingerprint density at radius 3 is 2.66 bits per heavy atom. The van der Waals surface area contributed by atoms with Crippen LogP contribution in [0.3, 0.4) is 0 Å². The molecule has 1 atom stereocenters. The Labute approximate surface area is 244 Å². The van der Waals surface area contributed by atoms with Gasteiger partial charge in [-0.1, -0.05) is 37.5 Å². The molecule has 5 aliphatic heterocycles. The summed E-state index contributed by atoms with van der Waals surface area (Å²) in [5.41, 5.74) is 0.247. The van der Waals surface area contributed by atoms with Crippen LogP contribution in [-0.4, -0.2) is 46.1 Å². The fraction of sp³-hybridized carbons (Fsp3) is 0.562. The summed E-state index contributed by atoms with van der Waals surface area (Å²) in [7, 11) is 0. The van der Waals surface area contributed by atoms with E-state index in [2.05, 4.69) is 31.2 Å². The summed E-state index contributed by atoms with van der Waals surface area (Å²) in [6.07, 6.45) is 8.39. The molecule has 41 heavy (non-hydrogen) atoms. The Morgan fingerprint density at radius 2 is 1.88 bits per heavy atom. The highest BCUT2D eigenvalue weighted by atomic mass is 19.3. The van der Waals surface area contributed by atoms with Crippen LogP contribution in [0, 0.1) is 17.2 Å². The summed E-state index contributed by atoms with van der Waals surface area (Å²) >= 11 is 0. The van der Waals surface area contributed by atoms with E-state index in [0.29, 0.717) is 67.9 Å². The van der Waals surface area contributed by atoms with Crippen molar-refractivity contribution in [3.05, 3.63) is 53.3 Å². The minimum Gasteiger partial charge on any atom is -0.477 e. The quantitative estimate of drug-likeness (QED) is 0.345. The van der Waals surface area contributed by atoms with E-state index in [4.69, 9.17) is 8.85 Å². The van der Waals surface area contributed by atoms with Crippen molar-refractivity contribution in [2.75, 3.05) is 31.6 Å². The molecule has 0 radical (unpaired) electrons. The van der Waals surface area contributed by atoms with Crippen molar-refractivity contribution in [2.45, 2.75) is 82.0 Å². The number of halogens is 2. The highest BCUT2D eigenvalue weighted by Gasteiger charge is 2.48. The Balaban J connectivity index is 1.41. The maximum absolute atomic E-state index is 15.9. The predicted molar refractivity (Wildman–Crippen MR) is 154 cm³/mol. The lowest BCUT2D eigenvalue weighted by atomic mass is 9.85. The minimum atomic E-state index is -3.09. The molecule has 0 spiro atoms. The Hall–Kier alpha value is -3.38. The largest absolute Gasteiger partial charge is 0.477 e. The van der Waals surface area contributed by atoms with Gasteiger partial charge in [-0.05, 0) is 82.7 Å². The number of aromatic nitrogens is 3. The lowest BCUT2D eigenvalue weighted by Crippen LogP contribution is -2.40. The summed E-state index contributed by atoms with van der Waals surface area (Å²) in [6, 6.07) is 8.63. The van der Waals surface area contributed by atoms with Gasteiger partial charge >= 0.3 is 0 Å². The number of anilines is 1. The van der Waals surface area contributed by atoms with Gasteiger partial charge < -0.3 is 15.0 Å². The van der Waals surface area contributed by atoms with Crippen molar-refractivity contribution in [3.63, 3.8) is 0 Å². The van der Waals surface area contributed by atoms with Gasteiger partial charge in [-0.2, -0.15) is 10.2 Å². The van der Waals surface area contributed by atoms with Crippen molar-refractivity contribution in [1.82, 2.24) is 19.9 Å². The van der Waals surface area contributed by atoms with Gasteiger partial charge in [-0.15, -0.1) is 0 Å². The molecule has 1 saturated heterocycles. The smallest absolute Gasteiger partial charge is 0.276 e. The molecule has 6 aliphatic rings. The average molecular weight is 564 g/mol. The molecule has 1 saturated carbocycles. The van der Waals surface area contributed by atoms with Crippen LogP contribution in [0.4, 0.5) is 14.6 Å². The van der Waals surface area contributed by atoms with E-state index in [-0.39, 0.29) is 16.9 Å². The standard InChI is InChI=1S/C32H38F2N6O/c1-22-23-8-7-9-25(18-23)32(33,34)24-10-15-40(16-11-24)14-5-3-2-4-6-17-41-30-27(31(20-35)12-13-31)19-26-28(38-22)36-21-37-29(26)39-30/h7-9,18-19,21-22,24H,2-6,10-17H2,1H3,(H,36,37,38,39)/t22-/m1/s1/i1D3. The molecule has 1 aromatic carbocycles. The maximum Gasteiger partial charge on any atom is 0.276 e. The van der Waals surface area contributed by atoms with Crippen molar-refractivity contribution in [1.29, 1.82) is 5.26 Å². The third-order valence-electron chi connectivity index (χ3n) is 8.91. The number of rotatable bonds is 1. The summed E-state index contributed by atoms with van der Waals surface area (Å²) in [4.78, 5) is 15.6. The second-order valence-corrected chi connectivity index (χ2v) is 11.7. The number of hydrogen-bond acceptors (Lipinski definition) is 7. The van der Waals surface area contributed by atoms with E-state index in [1.807, 2.05) is 0 Å². The number of piperidine rings is 1. The number of hydrogen-bond donors (Lipinski definition) is 1. The summed E-state index contributed by atoms with van der Waals surface area (Å²) in [5.74, 6) is -3.34. The first-order valence-electron chi connectivity index (χ1n) is 16.3. The molecule has 7 heterocycles. The van der Waals surface area contributed by atoms with Crippen LogP contribution in [0.25, 0.3) is 11.0 Å². The Morgan fingerprint density at radius 1 is 1.07 bits per heavy atom. The average Bonchev–Trinajstić information content (AvgIpc) is 3.81. The van der Waals surface area contributed by atoms with E-state index in [0.717, 1.165) is 38.6 Å². The van der Waals surface area contributed by atoms with Crippen molar-refractivity contribution < 1.29 is 17.6 Å². The molecule has 2 fully saturated rings. The van der Waals surface area contributed by atoms with Crippen LogP contribution in [0.1, 0.15) is 91.5 Å². The molecule has 216 valence electrons. The third-order valence-corrected chi connectivity index (χ3v) is 8.91. The van der Waals surface area contributed by atoms with Gasteiger partial charge in [0.2, 0.25) is 5.88 Å². The van der Waals surface area contributed by atoms with Crippen LogP contribution in [0.15, 0.2) is 36.7 Å². The molecule has 7 nitrogen and oxygen atoms in total. The Bertz CT molecular complexity index is 1530. The number of nitriles is 1. The zero-order valence-electron chi connectivity index (χ0n) is 26.2. The molecular weight excluding hydrogens is 522 g/mol. The summed E-state index contributed by atoms with van der Waals surface area (Å²) in [6.45, 7) is 0.0372. The van der Waals surface area contributed by atoms with Crippen LogP contribution >= 0.6 is 0 Å². The summed E-state index contributed by atoms with van der Waals surface area (Å²) < 4.78 is 63.0. The van der Waals surface area contributed by atoms with E-state index in [1.54, 1.807) is 12.1 Å². The van der Waals surface area contributed by atoms with Gasteiger partial charge in [0.1, 0.15) is 12.1 Å². The second-order valence-electron chi connectivity index (χ2n) is 11.7. The van der Waals surface area contributed by atoms with Gasteiger partial charge in [0, 0.05) is 27.2 Å². The molecule has 9 heteroatoms. The monoisotopic (exact) mass is 563 g/mol. The molecule has 9 rings (SSSR count). The van der Waals surface area contributed by atoms with Crippen LogP contribution in [0.5, 0.6) is 5.88 Å². The summed E-state index contributed by atoms with van der Waals surface area (Å²) in [5, 5.41) is 13.5. The molecule has 3 aromatic rings. The first kappa shape index (κ1) is 24.2. The lowest BCUT2D eigenvalue weighted by molar-refractivity contribution is -0.0855. The molecule has 1 N–H and O–H groups in total. The van der Waals surface area contributed by atoms with Gasteiger partial charge in [-0.25, -0.2) is 18.7 Å². The van der Waals surface area contributed by atoms with Gasteiger partial charge in [-0.3, -0.25) is 0 Å². The number of nitrogens with zero attached hydrogens (tertiary/aromatic N) is 5. The molecule has 0 amide bonds. The first-order chi connectivity index (χ1) is 21.1. The highest BCUT2D eigenvalue weighted by Crippen LogP contribution is 2.51.